The highest BCUT2D eigenvalue weighted by Crippen LogP contribution is 2.53. The summed E-state index contributed by atoms with van der Waals surface area (Å²) in [6, 6.07) is 73.1. The van der Waals surface area contributed by atoms with Gasteiger partial charge in [-0.2, -0.15) is 0 Å². The lowest BCUT2D eigenvalue weighted by Crippen LogP contribution is -2.26. The molecule has 0 unspecified atom stereocenters. The van der Waals surface area contributed by atoms with Gasteiger partial charge in [0.1, 0.15) is 0 Å². The van der Waals surface area contributed by atoms with Crippen LogP contribution in [-0.4, -0.2) is 11.5 Å². The highest BCUT2D eigenvalue weighted by atomic mass is 15.2. The molecule has 1 aromatic heterocycles. The zero-order valence-electron chi connectivity index (χ0n) is 30.7. The van der Waals surface area contributed by atoms with E-state index in [2.05, 4.69) is 205 Å². The van der Waals surface area contributed by atoms with Crippen molar-refractivity contribution in [2.45, 2.75) is 0 Å². The zero-order valence-corrected chi connectivity index (χ0v) is 30.7. The Morgan fingerprint density at radius 2 is 0.929 bits per heavy atom. The summed E-state index contributed by atoms with van der Waals surface area (Å²) >= 11 is 0. The normalized spacial score (nSPS) is 12.8. The quantitative estimate of drug-likeness (QED) is 0.177. The van der Waals surface area contributed by atoms with E-state index in [0.29, 0.717) is 6.54 Å². The summed E-state index contributed by atoms with van der Waals surface area (Å²) in [5, 5.41) is 8.48. The van der Waals surface area contributed by atoms with E-state index in [9.17, 15) is 0 Å². The summed E-state index contributed by atoms with van der Waals surface area (Å²) in [6.45, 7) is 0.668. The second-order valence-corrected chi connectivity index (χ2v) is 14.7. The Morgan fingerprint density at radius 1 is 0.393 bits per heavy atom. The van der Waals surface area contributed by atoms with E-state index in [1.54, 1.807) is 0 Å². The number of anilines is 2. The molecule has 0 radical (unpaired) electrons. The van der Waals surface area contributed by atoms with Gasteiger partial charge in [0.05, 0.1) is 11.2 Å². The number of aromatic nitrogens is 1. The van der Waals surface area contributed by atoms with E-state index in [1.165, 1.54) is 82.4 Å². The predicted octanol–water partition coefficient (Wildman–Crippen LogP) is 14.1. The lowest BCUT2D eigenvalue weighted by atomic mass is 9.79. The molecule has 2 heteroatoms. The van der Waals surface area contributed by atoms with E-state index < -0.39 is 0 Å². The molecule has 10 aromatic rings. The van der Waals surface area contributed by atoms with Gasteiger partial charge in [-0.15, -0.1) is 0 Å². The molecule has 11 rings (SSSR count). The van der Waals surface area contributed by atoms with Gasteiger partial charge in [0.25, 0.3) is 0 Å². The van der Waals surface area contributed by atoms with Gasteiger partial charge in [0.2, 0.25) is 0 Å². The molecule has 0 aliphatic carbocycles. The molecule has 0 N–H and O–H groups in total. The Labute approximate surface area is 326 Å². The fraction of sp³-hybridized carbons (Fsp3) is 0.0185. The van der Waals surface area contributed by atoms with E-state index in [4.69, 9.17) is 4.98 Å². The largest absolute Gasteiger partial charge is 0.335 e. The van der Waals surface area contributed by atoms with Crippen molar-refractivity contribution in [1.82, 2.24) is 4.98 Å². The third kappa shape index (κ3) is 5.38. The van der Waals surface area contributed by atoms with Crippen molar-refractivity contribution in [3.63, 3.8) is 0 Å². The van der Waals surface area contributed by atoms with Crippen LogP contribution in [0.1, 0.15) is 16.7 Å². The van der Waals surface area contributed by atoms with Gasteiger partial charge < -0.3 is 4.90 Å². The smallest absolute Gasteiger partial charge is 0.0951 e. The Kier molecular flexibility index (Phi) is 7.60. The molecule has 0 atom stereocenters. The Hall–Kier alpha value is -7.29. The van der Waals surface area contributed by atoms with Gasteiger partial charge in [0, 0.05) is 29.4 Å². The number of hydrogen-bond donors (Lipinski definition) is 0. The summed E-state index contributed by atoms with van der Waals surface area (Å²) in [6.07, 6.45) is 1.99. The zero-order chi connectivity index (χ0) is 37.0. The van der Waals surface area contributed by atoms with Crippen LogP contribution in [0.25, 0.3) is 76.6 Å². The summed E-state index contributed by atoms with van der Waals surface area (Å²) in [4.78, 5) is 7.84. The molecule has 262 valence electrons. The topological polar surface area (TPSA) is 16.1 Å². The monoisotopic (exact) mass is 712 g/mol. The lowest BCUT2D eigenvalue weighted by Gasteiger charge is -2.37. The van der Waals surface area contributed by atoms with Crippen LogP contribution in [0, 0.1) is 0 Å². The van der Waals surface area contributed by atoms with Crippen LogP contribution >= 0.6 is 0 Å². The minimum absolute atomic E-state index is 0.668. The SMILES string of the molecule is c1ccc(C2=C(c3ccc4ccccc4c3)CN(c3ccc4ccccc4c3)c3c2c(-c2ccc4ccccc4c2)cc2c(-c4ccccc4)ccnc32)cc1. The minimum Gasteiger partial charge on any atom is -0.335 e. The van der Waals surface area contributed by atoms with E-state index in [1.807, 2.05) is 6.20 Å². The van der Waals surface area contributed by atoms with Crippen molar-refractivity contribution >= 4 is 65.7 Å². The van der Waals surface area contributed by atoms with Crippen molar-refractivity contribution in [1.29, 1.82) is 0 Å². The first-order chi connectivity index (χ1) is 27.8. The van der Waals surface area contributed by atoms with Crippen molar-refractivity contribution in [2.75, 3.05) is 11.4 Å². The van der Waals surface area contributed by atoms with Crippen LogP contribution in [0.3, 0.4) is 0 Å². The number of benzene rings is 9. The predicted molar refractivity (Wildman–Crippen MR) is 237 cm³/mol. The molecular formula is C54H36N2. The molecular weight excluding hydrogens is 677 g/mol. The maximum Gasteiger partial charge on any atom is 0.0951 e. The van der Waals surface area contributed by atoms with Crippen LogP contribution < -0.4 is 4.90 Å². The molecule has 0 amide bonds. The number of pyridine rings is 1. The van der Waals surface area contributed by atoms with Gasteiger partial charge >= 0.3 is 0 Å². The fourth-order valence-corrected chi connectivity index (χ4v) is 8.81. The first-order valence-corrected chi connectivity index (χ1v) is 19.3. The average Bonchev–Trinajstić information content (AvgIpc) is 3.28. The molecule has 2 heterocycles. The first kappa shape index (κ1) is 32.2. The second kappa shape index (κ2) is 13.2. The number of rotatable bonds is 5. The first-order valence-electron chi connectivity index (χ1n) is 19.3. The van der Waals surface area contributed by atoms with E-state index >= 15 is 0 Å². The Bertz CT molecular complexity index is 3160. The molecule has 1 aliphatic rings. The summed E-state index contributed by atoms with van der Waals surface area (Å²) in [7, 11) is 0. The van der Waals surface area contributed by atoms with Crippen molar-refractivity contribution in [2.24, 2.45) is 0 Å². The molecule has 0 saturated carbocycles. The molecule has 56 heavy (non-hydrogen) atoms. The molecule has 0 spiro atoms. The van der Waals surface area contributed by atoms with E-state index in [0.717, 1.165) is 22.3 Å². The number of hydrogen-bond acceptors (Lipinski definition) is 2. The second-order valence-electron chi connectivity index (χ2n) is 14.7. The third-order valence-corrected chi connectivity index (χ3v) is 11.5. The molecule has 2 nitrogen and oxygen atoms in total. The van der Waals surface area contributed by atoms with Crippen molar-refractivity contribution in [3.05, 3.63) is 223 Å². The van der Waals surface area contributed by atoms with Gasteiger partial charge in [-0.1, -0.05) is 164 Å². The maximum atomic E-state index is 5.31. The summed E-state index contributed by atoms with van der Waals surface area (Å²) in [5.41, 5.74) is 14.1. The van der Waals surface area contributed by atoms with Gasteiger partial charge in [-0.25, -0.2) is 0 Å². The van der Waals surface area contributed by atoms with Crippen LogP contribution in [-0.2, 0) is 0 Å². The molecule has 0 saturated heterocycles. The Balaban J connectivity index is 1.32. The number of nitrogens with zero attached hydrogens (tertiary/aromatic N) is 2. The third-order valence-electron chi connectivity index (χ3n) is 11.5. The lowest BCUT2D eigenvalue weighted by molar-refractivity contribution is 1.09. The molecule has 1 aliphatic heterocycles. The molecule has 9 aromatic carbocycles. The van der Waals surface area contributed by atoms with Gasteiger partial charge in [-0.3, -0.25) is 4.98 Å². The van der Waals surface area contributed by atoms with Gasteiger partial charge in [-0.05, 0) is 113 Å². The van der Waals surface area contributed by atoms with Crippen LogP contribution in [0.15, 0.2) is 206 Å². The standard InChI is InChI=1S/C54H36N2/c1-3-16-39(17-4-1)47-29-30-55-53-49(47)34-48(44-25-23-36-13-7-10-20-41(36)31-44)52-51(40-18-5-2-6-19-40)50(45-26-24-37-14-8-11-21-42(37)32-45)35-56(54(52)53)46-28-27-38-15-9-12-22-43(38)33-46/h1-34H,35H2. The summed E-state index contributed by atoms with van der Waals surface area (Å²) in [5.74, 6) is 0. The minimum atomic E-state index is 0.668. The summed E-state index contributed by atoms with van der Waals surface area (Å²) < 4.78 is 0. The van der Waals surface area contributed by atoms with Crippen LogP contribution in [0.2, 0.25) is 0 Å². The molecule has 0 fully saturated rings. The highest BCUT2D eigenvalue weighted by molar-refractivity contribution is 6.18. The van der Waals surface area contributed by atoms with Crippen LogP contribution in [0.4, 0.5) is 11.4 Å². The molecule has 0 bridgehead atoms. The fourth-order valence-electron chi connectivity index (χ4n) is 8.81. The number of fused-ring (bicyclic) bond motifs is 6. The maximum absolute atomic E-state index is 5.31. The van der Waals surface area contributed by atoms with Crippen LogP contribution in [0.5, 0.6) is 0 Å². The van der Waals surface area contributed by atoms with Crippen molar-refractivity contribution < 1.29 is 0 Å². The van der Waals surface area contributed by atoms with E-state index in [-0.39, 0.29) is 0 Å². The van der Waals surface area contributed by atoms with Crippen molar-refractivity contribution in [3.8, 4) is 22.3 Å². The Morgan fingerprint density at radius 3 is 1.59 bits per heavy atom. The average molecular weight is 713 g/mol. The highest BCUT2D eigenvalue weighted by Gasteiger charge is 2.33. The van der Waals surface area contributed by atoms with Gasteiger partial charge in [0.15, 0.2) is 0 Å².